The van der Waals surface area contributed by atoms with Crippen LogP contribution in [0.3, 0.4) is 0 Å². The van der Waals surface area contributed by atoms with E-state index in [1.807, 2.05) is 48.5 Å². The summed E-state index contributed by atoms with van der Waals surface area (Å²) >= 11 is 12.0. The SMILES string of the molecule is O[C@H](COC(c1ccc(Cl)cc1)c1ccc(Cl)cc1)C[NH+]1CCCCC1. The topological polar surface area (TPSA) is 33.9 Å². The van der Waals surface area contributed by atoms with E-state index >= 15 is 0 Å². The number of likely N-dealkylation sites (tertiary alicyclic amines) is 1. The van der Waals surface area contributed by atoms with Crippen LogP contribution in [0.2, 0.25) is 10.0 Å². The summed E-state index contributed by atoms with van der Waals surface area (Å²) in [5.74, 6) is 0. The van der Waals surface area contributed by atoms with Gasteiger partial charge in [-0.2, -0.15) is 0 Å². The molecule has 0 unspecified atom stereocenters. The summed E-state index contributed by atoms with van der Waals surface area (Å²) in [7, 11) is 0. The first-order valence-corrected chi connectivity index (χ1v) is 10.0. The van der Waals surface area contributed by atoms with Gasteiger partial charge in [0.15, 0.2) is 0 Å². The van der Waals surface area contributed by atoms with E-state index in [4.69, 9.17) is 27.9 Å². The van der Waals surface area contributed by atoms with Crippen LogP contribution in [0.25, 0.3) is 0 Å². The molecule has 1 aliphatic heterocycles. The maximum atomic E-state index is 10.4. The van der Waals surface area contributed by atoms with Crippen molar-refractivity contribution < 1.29 is 14.7 Å². The van der Waals surface area contributed by atoms with Crippen molar-refractivity contribution in [3.63, 3.8) is 0 Å². The number of hydrogen-bond acceptors (Lipinski definition) is 2. The maximum Gasteiger partial charge on any atom is 0.126 e. The highest BCUT2D eigenvalue weighted by atomic mass is 35.5. The number of rotatable bonds is 7. The molecule has 1 saturated heterocycles. The molecule has 1 heterocycles. The van der Waals surface area contributed by atoms with E-state index in [-0.39, 0.29) is 6.10 Å². The van der Waals surface area contributed by atoms with Crippen molar-refractivity contribution in [1.29, 1.82) is 0 Å². The van der Waals surface area contributed by atoms with Gasteiger partial charge in [0.05, 0.1) is 19.7 Å². The first kappa shape index (κ1) is 19.7. The molecule has 140 valence electrons. The minimum Gasteiger partial charge on any atom is -0.385 e. The van der Waals surface area contributed by atoms with Gasteiger partial charge in [-0.1, -0.05) is 47.5 Å². The molecule has 2 aromatic rings. The lowest BCUT2D eigenvalue weighted by Gasteiger charge is -2.27. The van der Waals surface area contributed by atoms with Gasteiger partial charge in [-0.05, 0) is 54.7 Å². The molecule has 0 bridgehead atoms. The predicted octanol–water partition coefficient (Wildman–Crippen LogP) is 3.53. The van der Waals surface area contributed by atoms with Crippen molar-refractivity contribution >= 4 is 23.2 Å². The number of aliphatic hydroxyl groups excluding tert-OH is 1. The molecule has 0 amide bonds. The normalized spacial score (nSPS) is 16.8. The Hall–Kier alpha value is -1.10. The summed E-state index contributed by atoms with van der Waals surface area (Å²) in [5, 5.41) is 11.8. The third-order valence-corrected chi connectivity index (χ3v) is 5.39. The highest BCUT2D eigenvalue weighted by molar-refractivity contribution is 6.30. The van der Waals surface area contributed by atoms with Crippen molar-refractivity contribution in [2.45, 2.75) is 31.5 Å². The van der Waals surface area contributed by atoms with E-state index in [0.29, 0.717) is 16.7 Å². The summed E-state index contributed by atoms with van der Waals surface area (Å²) < 4.78 is 6.15. The number of ether oxygens (including phenoxy) is 1. The highest BCUT2D eigenvalue weighted by Crippen LogP contribution is 2.28. The van der Waals surface area contributed by atoms with Gasteiger partial charge in [-0.3, -0.25) is 0 Å². The summed E-state index contributed by atoms with van der Waals surface area (Å²) in [5.41, 5.74) is 2.02. The molecule has 2 N–H and O–H groups in total. The fraction of sp³-hybridized carbons (Fsp3) is 0.429. The summed E-state index contributed by atoms with van der Waals surface area (Å²) in [4.78, 5) is 1.47. The third-order valence-electron chi connectivity index (χ3n) is 4.89. The van der Waals surface area contributed by atoms with Crippen LogP contribution in [0.15, 0.2) is 48.5 Å². The molecule has 0 aliphatic carbocycles. The average molecular weight is 395 g/mol. The van der Waals surface area contributed by atoms with Gasteiger partial charge in [-0.15, -0.1) is 0 Å². The Morgan fingerprint density at radius 3 is 1.85 bits per heavy atom. The first-order valence-electron chi connectivity index (χ1n) is 9.26. The van der Waals surface area contributed by atoms with E-state index in [9.17, 15) is 5.11 Å². The quantitative estimate of drug-likeness (QED) is 0.752. The molecule has 0 radical (unpaired) electrons. The van der Waals surface area contributed by atoms with E-state index in [1.54, 1.807) is 0 Å². The van der Waals surface area contributed by atoms with Crippen LogP contribution < -0.4 is 4.90 Å². The summed E-state index contributed by atoms with van der Waals surface area (Å²) in [6, 6.07) is 15.3. The van der Waals surface area contributed by atoms with Crippen LogP contribution >= 0.6 is 23.2 Å². The fourth-order valence-electron chi connectivity index (χ4n) is 3.52. The largest absolute Gasteiger partial charge is 0.385 e. The van der Waals surface area contributed by atoms with Gasteiger partial charge in [0.25, 0.3) is 0 Å². The zero-order valence-electron chi connectivity index (χ0n) is 14.8. The zero-order chi connectivity index (χ0) is 18.4. The van der Waals surface area contributed by atoms with Crippen molar-refractivity contribution in [2.75, 3.05) is 26.2 Å². The maximum absolute atomic E-state index is 10.4. The van der Waals surface area contributed by atoms with Crippen LogP contribution in [-0.4, -0.2) is 37.5 Å². The van der Waals surface area contributed by atoms with E-state index in [1.165, 1.54) is 24.2 Å². The lowest BCUT2D eigenvalue weighted by molar-refractivity contribution is -0.908. The third kappa shape index (κ3) is 5.70. The van der Waals surface area contributed by atoms with Crippen LogP contribution in [0, 0.1) is 0 Å². The van der Waals surface area contributed by atoms with E-state index in [0.717, 1.165) is 30.8 Å². The Kier molecular flexibility index (Phi) is 7.35. The lowest BCUT2D eigenvalue weighted by atomic mass is 10.0. The predicted molar refractivity (Wildman–Crippen MR) is 106 cm³/mol. The molecule has 2 aromatic carbocycles. The number of quaternary nitrogens is 1. The molecule has 0 spiro atoms. The van der Waals surface area contributed by atoms with Crippen LogP contribution in [0.1, 0.15) is 36.5 Å². The van der Waals surface area contributed by atoms with Crippen molar-refractivity contribution in [3.05, 3.63) is 69.7 Å². The standard InChI is InChI=1S/C21H25Cl2NO2/c22-18-8-4-16(5-9-18)21(17-6-10-19(23)11-7-17)26-15-20(25)14-24-12-2-1-3-13-24/h4-11,20-21,25H,1-3,12-15H2/p+1/t20-/m0/s1. The average Bonchev–Trinajstić information content (AvgIpc) is 2.65. The number of nitrogens with one attached hydrogen (secondary N) is 1. The summed E-state index contributed by atoms with van der Waals surface area (Å²) in [6.07, 6.45) is 3.09. The van der Waals surface area contributed by atoms with Gasteiger partial charge in [-0.25, -0.2) is 0 Å². The molecule has 3 nitrogen and oxygen atoms in total. The second-order valence-electron chi connectivity index (χ2n) is 6.99. The minimum absolute atomic E-state index is 0.254. The molecule has 26 heavy (non-hydrogen) atoms. The molecule has 0 saturated carbocycles. The molecule has 5 heteroatoms. The van der Waals surface area contributed by atoms with Crippen LogP contribution in [0.4, 0.5) is 0 Å². The molecule has 3 rings (SSSR count). The minimum atomic E-state index is -0.467. The highest BCUT2D eigenvalue weighted by Gasteiger charge is 2.21. The number of halogens is 2. The van der Waals surface area contributed by atoms with Gasteiger partial charge in [0.2, 0.25) is 0 Å². The number of piperidine rings is 1. The van der Waals surface area contributed by atoms with Crippen LogP contribution in [0.5, 0.6) is 0 Å². The molecule has 1 atom stereocenters. The first-order chi connectivity index (χ1) is 12.6. The molecule has 1 aliphatic rings. The second-order valence-corrected chi connectivity index (χ2v) is 7.86. The van der Waals surface area contributed by atoms with Gasteiger partial charge in [0, 0.05) is 10.0 Å². The van der Waals surface area contributed by atoms with E-state index in [2.05, 4.69) is 0 Å². The van der Waals surface area contributed by atoms with Crippen LogP contribution in [-0.2, 0) is 4.74 Å². The van der Waals surface area contributed by atoms with Crippen molar-refractivity contribution in [2.24, 2.45) is 0 Å². The monoisotopic (exact) mass is 394 g/mol. The Morgan fingerprint density at radius 2 is 1.35 bits per heavy atom. The van der Waals surface area contributed by atoms with Crippen molar-refractivity contribution in [3.8, 4) is 0 Å². The molecule has 1 fully saturated rings. The van der Waals surface area contributed by atoms with E-state index < -0.39 is 6.10 Å². The number of hydrogen-bond donors (Lipinski definition) is 2. The molecule has 0 aromatic heterocycles. The molecular formula is C21H26Cl2NO2+. The summed E-state index contributed by atoms with van der Waals surface area (Å²) in [6.45, 7) is 3.34. The Bertz CT molecular complexity index is 624. The number of benzene rings is 2. The smallest absolute Gasteiger partial charge is 0.126 e. The lowest BCUT2D eigenvalue weighted by Crippen LogP contribution is -3.14. The Morgan fingerprint density at radius 1 is 0.846 bits per heavy atom. The van der Waals surface area contributed by atoms with Gasteiger partial charge >= 0.3 is 0 Å². The fourth-order valence-corrected chi connectivity index (χ4v) is 3.77. The molecular weight excluding hydrogens is 369 g/mol. The zero-order valence-corrected chi connectivity index (χ0v) is 16.3. The Balaban J connectivity index is 1.67. The Labute approximate surface area is 165 Å². The second kappa shape index (κ2) is 9.72. The number of aliphatic hydroxyl groups is 1. The van der Waals surface area contributed by atoms with Gasteiger partial charge < -0.3 is 14.7 Å². The van der Waals surface area contributed by atoms with Crippen molar-refractivity contribution in [1.82, 2.24) is 0 Å². The van der Waals surface area contributed by atoms with Gasteiger partial charge in [0.1, 0.15) is 18.8 Å².